The van der Waals surface area contributed by atoms with E-state index in [1.54, 1.807) is 12.3 Å². The Labute approximate surface area is 143 Å². The number of halogens is 2. The average Bonchev–Trinajstić information content (AvgIpc) is 2.45. The van der Waals surface area contributed by atoms with Crippen molar-refractivity contribution in [1.29, 1.82) is 0 Å². The Morgan fingerprint density at radius 2 is 2.00 bits per heavy atom. The summed E-state index contributed by atoms with van der Waals surface area (Å²) in [5, 5.41) is 3.04. The number of unbranched alkanes of at least 4 members (excludes halogenated alkanes) is 5. The molecule has 120 valence electrons. The fourth-order valence-corrected chi connectivity index (χ4v) is 1.87. The van der Waals surface area contributed by atoms with E-state index in [1.165, 1.54) is 38.2 Å². The molecule has 21 heavy (non-hydrogen) atoms. The first-order valence-corrected chi connectivity index (χ1v) is 7.37. The fraction of sp³-hybridized carbons (Fsp3) is 0.600. The highest BCUT2D eigenvalue weighted by Gasteiger charge is 2.01. The summed E-state index contributed by atoms with van der Waals surface area (Å²) in [6.07, 6.45) is 8.99. The Bertz CT molecular complexity index is 412. The molecule has 0 unspecified atom stereocenters. The van der Waals surface area contributed by atoms with Crippen molar-refractivity contribution in [3.63, 3.8) is 0 Å². The molecule has 6 heteroatoms. The third-order valence-electron chi connectivity index (χ3n) is 3.07. The van der Waals surface area contributed by atoms with Crippen LogP contribution in [0.1, 0.15) is 51.1 Å². The molecule has 0 saturated carbocycles. The Balaban J connectivity index is 0.00000400. The van der Waals surface area contributed by atoms with Gasteiger partial charge in [-0.25, -0.2) is 9.38 Å². The van der Waals surface area contributed by atoms with Crippen LogP contribution in [0.3, 0.4) is 0 Å². The molecule has 0 aliphatic rings. The van der Waals surface area contributed by atoms with Gasteiger partial charge in [0.15, 0.2) is 5.96 Å². The lowest BCUT2D eigenvalue weighted by Gasteiger charge is -2.05. The number of nitrogens with two attached hydrogens (primary N) is 1. The summed E-state index contributed by atoms with van der Waals surface area (Å²) in [6.45, 7) is 3.19. The Hall–Kier alpha value is -0.920. The number of guanidine groups is 1. The molecule has 3 N–H and O–H groups in total. The SMILES string of the molecule is CCCCCCCCNC(N)=NCc1ncccc1F.I. The summed E-state index contributed by atoms with van der Waals surface area (Å²) in [5.41, 5.74) is 6.04. The lowest BCUT2D eigenvalue weighted by atomic mass is 10.1. The van der Waals surface area contributed by atoms with Crippen LogP contribution in [-0.2, 0) is 6.54 Å². The number of hydrogen-bond acceptors (Lipinski definition) is 2. The molecular weight excluding hydrogens is 382 g/mol. The van der Waals surface area contributed by atoms with Crippen molar-refractivity contribution in [2.45, 2.75) is 52.0 Å². The average molecular weight is 408 g/mol. The van der Waals surface area contributed by atoms with Gasteiger partial charge in [0.25, 0.3) is 0 Å². The topological polar surface area (TPSA) is 63.3 Å². The summed E-state index contributed by atoms with van der Waals surface area (Å²) >= 11 is 0. The molecule has 4 nitrogen and oxygen atoms in total. The first-order valence-electron chi connectivity index (χ1n) is 7.37. The molecule has 0 radical (unpaired) electrons. The lowest BCUT2D eigenvalue weighted by Crippen LogP contribution is -2.32. The van der Waals surface area contributed by atoms with Gasteiger partial charge in [0.1, 0.15) is 5.82 Å². The van der Waals surface area contributed by atoms with E-state index in [1.807, 2.05) is 0 Å². The maximum atomic E-state index is 13.3. The van der Waals surface area contributed by atoms with Gasteiger partial charge < -0.3 is 11.1 Å². The summed E-state index contributed by atoms with van der Waals surface area (Å²) in [6, 6.07) is 2.93. The van der Waals surface area contributed by atoms with Crippen LogP contribution in [0.15, 0.2) is 23.3 Å². The lowest BCUT2D eigenvalue weighted by molar-refractivity contribution is 0.597. The molecule has 0 atom stereocenters. The maximum absolute atomic E-state index is 13.3. The van der Waals surface area contributed by atoms with Crippen LogP contribution < -0.4 is 11.1 Å². The van der Waals surface area contributed by atoms with Crippen molar-refractivity contribution >= 4 is 29.9 Å². The highest BCUT2D eigenvalue weighted by molar-refractivity contribution is 14.0. The molecule has 0 saturated heterocycles. The van der Waals surface area contributed by atoms with Gasteiger partial charge in [-0.2, -0.15) is 0 Å². The number of pyridine rings is 1. The standard InChI is InChI=1S/C15H25FN4.HI/c1-2-3-4-5-6-7-10-19-15(17)20-12-14-13(16)9-8-11-18-14;/h8-9,11H,2-7,10,12H2,1H3,(H3,17,19,20);1H. The van der Waals surface area contributed by atoms with E-state index in [0.29, 0.717) is 11.7 Å². The highest BCUT2D eigenvalue weighted by Crippen LogP contribution is 2.04. The number of hydrogen-bond donors (Lipinski definition) is 2. The number of aromatic nitrogens is 1. The van der Waals surface area contributed by atoms with Crippen molar-refractivity contribution in [3.8, 4) is 0 Å². The molecule has 1 aromatic heterocycles. The fourth-order valence-electron chi connectivity index (χ4n) is 1.87. The van der Waals surface area contributed by atoms with E-state index in [9.17, 15) is 4.39 Å². The zero-order valence-corrected chi connectivity index (χ0v) is 15.0. The number of rotatable bonds is 9. The Morgan fingerprint density at radius 3 is 2.71 bits per heavy atom. The van der Waals surface area contributed by atoms with Gasteiger partial charge in [-0.3, -0.25) is 4.98 Å². The van der Waals surface area contributed by atoms with E-state index in [-0.39, 0.29) is 36.3 Å². The molecule has 0 aliphatic carbocycles. The van der Waals surface area contributed by atoms with E-state index in [0.717, 1.165) is 13.0 Å². The Morgan fingerprint density at radius 1 is 1.29 bits per heavy atom. The number of nitrogens with zero attached hydrogens (tertiary/aromatic N) is 2. The van der Waals surface area contributed by atoms with Crippen molar-refractivity contribution in [2.24, 2.45) is 10.7 Å². The molecular formula is C15H26FIN4. The highest BCUT2D eigenvalue weighted by atomic mass is 127. The monoisotopic (exact) mass is 408 g/mol. The predicted molar refractivity (Wildman–Crippen MR) is 96.3 cm³/mol. The first kappa shape index (κ1) is 20.1. The molecule has 0 aliphatic heterocycles. The smallest absolute Gasteiger partial charge is 0.188 e. The van der Waals surface area contributed by atoms with E-state index in [4.69, 9.17) is 5.73 Å². The molecule has 0 aromatic carbocycles. The minimum absolute atomic E-state index is 0. The molecule has 1 rings (SSSR count). The molecule has 1 heterocycles. The molecule has 1 aromatic rings. The van der Waals surface area contributed by atoms with Crippen LogP contribution in [0.2, 0.25) is 0 Å². The minimum Gasteiger partial charge on any atom is -0.370 e. The minimum atomic E-state index is -0.347. The van der Waals surface area contributed by atoms with Crippen molar-refractivity contribution in [1.82, 2.24) is 10.3 Å². The summed E-state index contributed by atoms with van der Waals surface area (Å²) in [5.74, 6) is 0.00332. The molecule has 0 spiro atoms. The second-order valence-electron chi connectivity index (χ2n) is 4.83. The van der Waals surface area contributed by atoms with Crippen molar-refractivity contribution in [3.05, 3.63) is 29.8 Å². The largest absolute Gasteiger partial charge is 0.370 e. The molecule has 0 bridgehead atoms. The van der Waals surface area contributed by atoms with Gasteiger partial charge in [-0.15, -0.1) is 24.0 Å². The van der Waals surface area contributed by atoms with Crippen LogP contribution in [0.25, 0.3) is 0 Å². The molecule has 0 amide bonds. The van der Waals surface area contributed by atoms with E-state index in [2.05, 4.69) is 22.2 Å². The predicted octanol–water partition coefficient (Wildman–Crippen LogP) is 3.60. The Kier molecular flexibility index (Phi) is 12.2. The second kappa shape index (κ2) is 12.8. The third kappa shape index (κ3) is 9.60. The first-order chi connectivity index (χ1) is 9.74. The molecule has 0 fully saturated rings. The summed E-state index contributed by atoms with van der Waals surface area (Å²) < 4.78 is 13.3. The van der Waals surface area contributed by atoms with Crippen LogP contribution in [0.5, 0.6) is 0 Å². The van der Waals surface area contributed by atoms with E-state index >= 15 is 0 Å². The zero-order valence-electron chi connectivity index (χ0n) is 12.6. The van der Waals surface area contributed by atoms with Gasteiger partial charge in [-0.05, 0) is 18.6 Å². The van der Waals surface area contributed by atoms with Crippen molar-refractivity contribution in [2.75, 3.05) is 6.54 Å². The van der Waals surface area contributed by atoms with Crippen LogP contribution >= 0.6 is 24.0 Å². The van der Waals surface area contributed by atoms with Gasteiger partial charge in [-0.1, -0.05) is 39.0 Å². The van der Waals surface area contributed by atoms with Crippen molar-refractivity contribution < 1.29 is 4.39 Å². The van der Waals surface area contributed by atoms with Crippen LogP contribution in [-0.4, -0.2) is 17.5 Å². The zero-order chi connectivity index (χ0) is 14.6. The van der Waals surface area contributed by atoms with Gasteiger partial charge in [0.05, 0.1) is 12.2 Å². The number of nitrogens with one attached hydrogen (secondary N) is 1. The second-order valence-corrected chi connectivity index (χ2v) is 4.83. The van der Waals surface area contributed by atoms with Gasteiger partial charge >= 0.3 is 0 Å². The third-order valence-corrected chi connectivity index (χ3v) is 3.07. The quantitative estimate of drug-likeness (QED) is 0.284. The van der Waals surface area contributed by atoms with Crippen LogP contribution in [0, 0.1) is 5.82 Å². The van der Waals surface area contributed by atoms with Gasteiger partial charge in [0, 0.05) is 12.7 Å². The van der Waals surface area contributed by atoms with E-state index < -0.39 is 0 Å². The number of aliphatic imine (C=N–C) groups is 1. The normalized spacial score (nSPS) is 11.0. The van der Waals surface area contributed by atoms with Crippen LogP contribution in [0.4, 0.5) is 4.39 Å². The van der Waals surface area contributed by atoms with Gasteiger partial charge in [0.2, 0.25) is 0 Å². The maximum Gasteiger partial charge on any atom is 0.188 e. The summed E-state index contributed by atoms with van der Waals surface area (Å²) in [7, 11) is 0. The summed E-state index contributed by atoms with van der Waals surface area (Å²) in [4.78, 5) is 8.01.